The number of carbonyl (C=O) groups excluding carboxylic acids is 2. The number of carbonyl (C=O) groups is 4. The average molecular weight is 288 g/mol. The highest BCUT2D eigenvalue weighted by molar-refractivity contribution is 5.92. The summed E-state index contributed by atoms with van der Waals surface area (Å²) in [7, 11) is 2.45. The highest BCUT2D eigenvalue weighted by atomic mass is 16.5. The quantitative estimate of drug-likeness (QED) is 0.549. The number of rotatable bonds is 5. The van der Waals surface area contributed by atoms with Crippen molar-refractivity contribution in [1.82, 2.24) is 0 Å². The zero-order chi connectivity index (χ0) is 16.1. The molecule has 0 rings (SSSR count). The summed E-state index contributed by atoms with van der Waals surface area (Å²) in [6.07, 6.45) is 2.83. The Morgan fingerprint density at radius 3 is 1.50 bits per heavy atom. The van der Waals surface area contributed by atoms with Crippen molar-refractivity contribution >= 4 is 23.9 Å². The van der Waals surface area contributed by atoms with Crippen LogP contribution in [-0.2, 0) is 28.7 Å². The number of aliphatic carboxylic acids is 2. The van der Waals surface area contributed by atoms with Gasteiger partial charge in [-0.1, -0.05) is 6.08 Å². The molecule has 20 heavy (non-hydrogen) atoms. The third-order valence-electron chi connectivity index (χ3n) is 1.72. The van der Waals surface area contributed by atoms with Gasteiger partial charge in [0.25, 0.3) is 0 Å². The molecule has 8 heteroatoms. The largest absolute Gasteiger partial charge is 0.481 e. The van der Waals surface area contributed by atoms with Crippen LogP contribution in [0.15, 0.2) is 23.8 Å². The van der Waals surface area contributed by atoms with Gasteiger partial charge >= 0.3 is 23.9 Å². The Kier molecular flexibility index (Phi) is 11.3. The molecule has 0 amide bonds. The lowest BCUT2D eigenvalue weighted by Crippen LogP contribution is -2.05. The molecular formula is C12H16O8. The van der Waals surface area contributed by atoms with Crippen molar-refractivity contribution in [3.63, 3.8) is 0 Å². The monoisotopic (exact) mass is 288 g/mol. The molecule has 0 saturated heterocycles. The Hall–Kier alpha value is -2.64. The minimum atomic E-state index is -1.18. The highest BCUT2D eigenvalue weighted by Gasteiger charge is 2.09. The predicted octanol–water partition coefficient (Wildman–Crippen LogP) is 0.381. The number of ether oxygens (including phenoxy) is 2. The van der Waals surface area contributed by atoms with Crippen molar-refractivity contribution in [3.05, 3.63) is 23.8 Å². The first kappa shape index (κ1) is 19.7. The maximum atomic E-state index is 10.3. The van der Waals surface area contributed by atoms with Gasteiger partial charge in [-0.05, 0) is 6.92 Å². The molecule has 112 valence electrons. The van der Waals surface area contributed by atoms with E-state index in [1.165, 1.54) is 27.2 Å². The summed E-state index contributed by atoms with van der Waals surface area (Å²) in [5.41, 5.74) is -0.0903. The van der Waals surface area contributed by atoms with Crippen molar-refractivity contribution in [1.29, 1.82) is 0 Å². The first-order valence-electron chi connectivity index (χ1n) is 5.22. The molecule has 0 aliphatic carbocycles. The zero-order valence-corrected chi connectivity index (χ0v) is 11.3. The molecule has 0 bridgehead atoms. The van der Waals surface area contributed by atoms with Gasteiger partial charge in [0.15, 0.2) is 0 Å². The Bertz CT molecular complexity index is 401. The summed E-state index contributed by atoms with van der Waals surface area (Å²) in [6.45, 7) is 1.49. The van der Waals surface area contributed by atoms with E-state index >= 15 is 0 Å². The Balaban J connectivity index is 0. The van der Waals surface area contributed by atoms with Gasteiger partial charge in [0, 0.05) is 17.7 Å². The number of esters is 2. The molecule has 8 nitrogen and oxygen atoms in total. The number of carboxylic acid groups (broad SMARTS) is 2. The van der Waals surface area contributed by atoms with E-state index in [0.717, 1.165) is 12.2 Å². The maximum absolute atomic E-state index is 10.3. The van der Waals surface area contributed by atoms with Crippen molar-refractivity contribution in [3.8, 4) is 0 Å². The van der Waals surface area contributed by atoms with Crippen LogP contribution in [0.2, 0.25) is 0 Å². The van der Waals surface area contributed by atoms with Crippen LogP contribution in [0.1, 0.15) is 13.3 Å². The van der Waals surface area contributed by atoms with Gasteiger partial charge in [0.1, 0.15) is 0 Å². The fourth-order valence-electron chi connectivity index (χ4n) is 0.736. The fraction of sp³-hybridized carbons (Fsp3) is 0.333. The van der Waals surface area contributed by atoms with Gasteiger partial charge in [0.05, 0.1) is 20.6 Å². The molecule has 0 radical (unpaired) electrons. The Morgan fingerprint density at radius 1 is 0.950 bits per heavy atom. The summed E-state index contributed by atoms with van der Waals surface area (Å²) in [6, 6.07) is 0. The topological polar surface area (TPSA) is 127 Å². The normalized spacial score (nSPS) is 10.2. The lowest BCUT2D eigenvalue weighted by Gasteiger charge is -1.93. The number of hydrogen-bond acceptors (Lipinski definition) is 6. The van der Waals surface area contributed by atoms with Crippen LogP contribution in [0.3, 0.4) is 0 Å². The summed E-state index contributed by atoms with van der Waals surface area (Å²) in [5.74, 6) is -3.46. The van der Waals surface area contributed by atoms with Crippen LogP contribution in [0.5, 0.6) is 0 Å². The standard InChI is InChI=1S/2C6H8O4/c1-9-5(7)3-4-6(8)10-2;1-2-4(6(9)10)3-5(7)8/h3-4H,1-2H3;2H,3H2,1H3,(H,7,8)(H,9,10)/b4-3+;. The summed E-state index contributed by atoms with van der Waals surface area (Å²) < 4.78 is 8.42. The molecule has 0 aromatic carbocycles. The van der Waals surface area contributed by atoms with Crippen LogP contribution in [0.4, 0.5) is 0 Å². The number of hydrogen-bond donors (Lipinski definition) is 2. The molecule has 2 N–H and O–H groups in total. The van der Waals surface area contributed by atoms with E-state index in [0.29, 0.717) is 0 Å². The molecule has 0 atom stereocenters. The Labute approximate surface area is 115 Å². The second kappa shape index (κ2) is 11.5. The molecule has 0 unspecified atom stereocenters. The molecule has 0 aliphatic rings. The van der Waals surface area contributed by atoms with Gasteiger partial charge < -0.3 is 19.7 Å². The van der Waals surface area contributed by atoms with E-state index in [-0.39, 0.29) is 5.57 Å². The number of allylic oxidation sites excluding steroid dienone is 1. The first-order chi connectivity index (χ1) is 9.28. The fourth-order valence-corrected chi connectivity index (χ4v) is 0.736. The average Bonchev–Trinajstić information content (AvgIpc) is 2.41. The van der Waals surface area contributed by atoms with Crippen LogP contribution < -0.4 is 0 Å². The smallest absolute Gasteiger partial charge is 0.331 e. The van der Waals surface area contributed by atoms with Gasteiger partial charge in [-0.15, -0.1) is 0 Å². The second-order valence-electron chi connectivity index (χ2n) is 3.07. The van der Waals surface area contributed by atoms with Crippen LogP contribution in [0.25, 0.3) is 0 Å². The van der Waals surface area contributed by atoms with Crippen molar-refractivity contribution in [2.45, 2.75) is 13.3 Å². The maximum Gasteiger partial charge on any atom is 0.331 e. The van der Waals surface area contributed by atoms with Crippen molar-refractivity contribution in [2.24, 2.45) is 0 Å². The van der Waals surface area contributed by atoms with E-state index in [4.69, 9.17) is 10.2 Å². The highest BCUT2D eigenvalue weighted by Crippen LogP contribution is 1.99. The van der Waals surface area contributed by atoms with Crippen LogP contribution >= 0.6 is 0 Å². The lowest BCUT2D eigenvalue weighted by atomic mass is 10.2. The molecule has 0 heterocycles. The summed E-state index contributed by atoms with van der Waals surface area (Å²) >= 11 is 0. The minimum Gasteiger partial charge on any atom is -0.481 e. The molecule has 0 saturated carbocycles. The number of carboxylic acids is 2. The van der Waals surface area contributed by atoms with E-state index in [1.54, 1.807) is 0 Å². The molecule has 0 aliphatic heterocycles. The van der Waals surface area contributed by atoms with Gasteiger partial charge in [-0.2, -0.15) is 0 Å². The second-order valence-corrected chi connectivity index (χ2v) is 3.07. The molecular weight excluding hydrogens is 272 g/mol. The number of methoxy groups -OCH3 is 2. The summed E-state index contributed by atoms with van der Waals surface area (Å²) in [4.78, 5) is 40.7. The van der Waals surface area contributed by atoms with E-state index in [9.17, 15) is 19.2 Å². The van der Waals surface area contributed by atoms with Crippen molar-refractivity contribution in [2.75, 3.05) is 14.2 Å². The predicted molar refractivity (Wildman–Crippen MR) is 66.8 cm³/mol. The molecule has 0 spiro atoms. The van der Waals surface area contributed by atoms with Crippen LogP contribution in [0, 0.1) is 0 Å². The lowest BCUT2D eigenvalue weighted by molar-refractivity contribution is -0.139. The Morgan fingerprint density at radius 2 is 1.35 bits per heavy atom. The third-order valence-corrected chi connectivity index (χ3v) is 1.72. The minimum absolute atomic E-state index is 0.0903. The van der Waals surface area contributed by atoms with E-state index in [1.807, 2.05) is 0 Å². The SMILES string of the molecule is CC=C(CC(=O)O)C(=O)O.COC(=O)/C=C/C(=O)OC. The zero-order valence-electron chi connectivity index (χ0n) is 11.3. The first-order valence-corrected chi connectivity index (χ1v) is 5.22. The van der Waals surface area contributed by atoms with E-state index in [2.05, 4.69) is 9.47 Å². The van der Waals surface area contributed by atoms with Crippen LogP contribution in [-0.4, -0.2) is 48.3 Å². The van der Waals surface area contributed by atoms with E-state index < -0.39 is 30.3 Å². The molecule has 0 fully saturated rings. The van der Waals surface area contributed by atoms with Gasteiger partial charge in [-0.25, -0.2) is 14.4 Å². The van der Waals surface area contributed by atoms with Crippen molar-refractivity contribution < 1.29 is 38.9 Å². The third kappa shape index (κ3) is 11.8. The molecule has 0 aromatic heterocycles. The molecule has 0 aromatic rings. The summed E-state index contributed by atoms with van der Waals surface area (Å²) in [5, 5.41) is 16.5. The van der Waals surface area contributed by atoms with Gasteiger partial charge in [-0.3, -0.25) is 4.79 Å². The van der Waals surface area contributed by atoms with Gasteiger partial charge in [0.2, 0.25) is 0 Å².